The largest absolute Gasteiger partial charge is 0.375 e. The minimum atomic E-state index is 0. The number of nitrogens with one attached hydrogen (secondary N) is 2. The second-order valence-electron chi connectivity index (χ2n) is 8.55. The highest BCUT2D eigenvalue weighted by atomic mass is 127. The van der Waals surface area contributed by atoms with Gasteiger partial charge in [0, 0.05) is 51.0 Å². The second-order valence-corrected chi connectivity index (χ2v) is 8.55. The Morgan fingerprint density at radius 1 is 1.26 bits per heavy atom. The highest BCUT2D eigenvalue weighted by Gasteiger charge is 2.17. The molecule has 7 nitrogen and oxygen atoms in total. The first kappa shape index (κ1) is 27.9. The number of rotatable bonds is 10. The van der Waals surface area contributed by atoms with E-state index >= 15 is 0 Å². The highest BCUT2D eigenvalue weighted by Crippen LogP contribution is 2.15. The van der Waals surface area contributed by atoms with E-state index in [1.807, 2.05) is 6.20 Å². The molecule has 0 saturated carbocycles. The predicted molar refractivity (Wildman–Crippen MR) is 142 cm³/mol. The zero-order valence-electron chi connectivity index (χ0n) is 20.2. The molecule has 2 heterocycles. The van der Waals surface area contributed by atoms with E-state index in [-0.39, 0.29) is 30.1 Å². The maximum Gasteiger partial charge on any atom is 0.191 e. The van der Waals surface area contributed by atoms with Crippen molar-refractivity contribution in [2.45, 2.75) is 72.7 Å². The first-order valence-corrected chi connectivity index (χ1v) is 11.5. The summed E-state index contributed by atoms with van der Waals surface area (Å²) < 4.78 is 5.61. The fraction of sp³-hybridized carbons (Fsp3) is 0.739. The first-order chi connectivity index (χ1) is 14.4. The lowest BCUT2D eigenvalue weighted by atomic mass is 10.2. The molecule has 0 amide bonds. The summed E-state index contributed by atoms with van der Waals surface area (Å²) in [6, 6.07) is 5.36. The molecule has 1 aromatic heterocycles. The van der Waals surface area contributed by atoms with Crippen LogP contribution in [0.3, 0.4) is 0 Å². The summed E-state index contributed by atoms with van der Waals surface area (Å²) in [6.07, 6.45) is 3.28. The van der Waals surface area contributed by atoms with Gasteiger partial charge in [-0.25, -0.2) is 9.98 Å². The number of morpholine rings is 1. The Labute approximate surface area is 206 Å². The van der Waals surface area contributed by atoms with E-state index < -0.39 is 0 Å². The quantitative estimate of drug-likeness (QED) is 0.203. The third-order valence-corrected chi connectivity index (χ3v) is 5.35. The molecule has 1 unspecified atom stereocenters. The van der Waals surface area contributed by atoms with Crippen LogP contribution in [0.25, 0.3) is 0 Å². The Kier molecular flexibility index (Phi) is 13.4. The van der Waals surface area contributed by atoms with Gasteiger partial charge < -0.3 is 20.3 Å². The molecule has 1 saturated heterocycles. The van der Waals surface area contributed by atoms with Gasteiger partial charge in [-0.15, -0.1) is 24.0 Å². The molecular formula is C23H43IN6O. The van der Waals surface area contributed by atoms with Crippen LogP contribution < -0.4 is 15.5 Å². The fourth-order valence-electron chi connectivity index (χ4n) is 3.82. The van der Waals surface area contributed by atoms with Crippen molar-refractivity contribution in [1.82, 2.24) is 20.5 Å². The molecule has 2 rings (SSSR count). The van der Waals surface area contributed by atoms with Gasteiger partial charge in [-0.3, -0.25) is 4.90 Å². The van der Waals surface area contributed by atoms with Crippen molar-refractivity contribution in [2.24, 2.45) is 4.99 Å². The summed E-state index contributed by atoms with van der Waals surface area (Å²) in [5, 5.41) is 6.80. The minimum Gasteiger partial charge on any atom is -0.375 e. The van der Waals surface area contributed by atoms with Crippen LogP contribution in [0.15, 0.2) is 23.3 Å². The number of halogens is 1. The van der Waals surface area contributed by atoms with Crippen LogP contribution in [0.4, 0.5) is 5.82 Å². The SMILES string of the molecule is CCNC(=NCc1ccc(N2CCOC(C)C2)nc1)NCCCN(C(C)C)C(C)C.I. The Balaban J connectivity index is 0.00000480. The summed E-state index contributed by atoms with van der Waals surface area (Å²) in [4.78, 5) is 14.2. The summed E-state index contributed by atoms with van der Waals surface area (Å²) in [7, 11) is 0. The molecule has 1 aliphatic rings. The van der Waals surface area contributed by atoms with Gasteiger partial charge >= 0.3 is 0 Å². The van der Waals surface area contributed by atoms with Gasteiger partial charge in [-0.1, -0.05) is 6.07 Å². The topological polar surface area (TPSA) is 65.0 Å². The normalized spacial score (nSPS) is 17.3. The maximum atomic E-state index is 5.61. The lowest BCUT2D eigenvalue weighted by Crippen LogP contribution is -2.41. The van der Waals surface area contributed by atoms with Gasteiger partial charge in [0.1, 0.15) is 5.82 Å². The van der Waals surface area contributed by atoms with Gasteiger partial charge in [0.25, 0.3) is 0 Å². The Morgan fingerprint density at radius 3 is 2.58 bits per heavy atom. The molecule has 178 valence electrons. The van der Waals surface area contributed by atoms with Crippen molar-refractivity contribution >= 4 is 35.8 Å². The third-order valence-electron chi connectivity index (χ3n) is 5.35. The molecular weight excluding hydrogens is 503 g/mol. The lowest BCUT2D eigenvalue weighted by molar-refractivity contribution is 0.0529. The van der Waals surface area contributed by atoms with Crippen LogP contribution in [0.5, 0.6) is 0 Å². The molecule has 1 aromatic rings. The van der Waals surface area contributed by atoms with Gasteiger partial charge in [0.2, 0.25) is 0 Å². The van der Waals surface area contributed by atoms with E-state index in [2.05, 4.69) is 79.1 Å². The second kappa shape index (κ2) is 14.8. The standard InChI is InChI=1S/C23H42N6O.HI/c1-7-24-23(25-11-8-12-29(18(2)3)19(4)5)27-16-21-9-10-22(26-15-21)28-13-14-30-20(6)17-28;/h9-10,15,18-20H,7-8,11-14,16-17H2,1-6H3,(H2,24,25,27);1H. The van der Waals surface area contributed by atoms with E-state index in [1.54, 1.807) is 0 Å². The lowest BCUT2D eigenvalue weighted by Gasteiger charge is -2.32. The molecule has 0 aromatic carbocycles. The third kappa shape index (κ3) is 9.91. The number of hydrogen-bond donors (Lipinski definition) is 2. The summed E-state index contributed by atoms with van der Waals surface area (Å²) >= 11 is 0. The summed E-state index contributed by atoms with van der Waals surface area (Å²) in [5.41, 5.74) is 1.11. The van der Waals surface area contributed by atoms with Gasteiger partial charge in [-0.05, 0) is 59.6 Å². The number of nitrogens with zero attached hydrogens (tertiary/aromatic N) is 4. The molecule has 8 heteroatoms. The van der Waals surface area contributed by atoms with E-state index in [4.69, 9.17) is 9.73 Å². The molecule has 0 bridgehead atoms. The predicted octanol–water partition coefficient (Wildman–Crippen LogP) is 3.49. The Morgan fingerprint density at radius 2 is 2.00 bits per heavy atom. The number of hydrogen-bond acceptors (Lipinski definition) is 5. The fourth-order valence-corrected chi connectivity index (χ4v) is 3.82. The van der Waals surface area contributed by atoms with E-state index in [9.17, 15) is 0 Å². The molecule has 2 N–H and O–H groups in total. The highest BCUT2D eigenvalue weighted by molar-refractivity contribution is 14.0. The summed E-state index contributed by atoms with van der Waals surface area (Å²) in [5.74, 6) is 1.88. The Bertz CT molecular complexity index is 629. The van der Waals surface area contributed by atoms with Crippen LogP contribution >= 0.6 is 24.0 Å². The average Bonchev–Trinajstić information content (AvgIpc) is 2.71. The van der Waals surface area contributed by atoms with E-state index in [1.165, 1.54) is 0 Å². The monoisotopic (exact) mass is 546 g/mol. The first-order valence-electron chi connectivity index (χ1n) is 11.5. The number of aliphatic imine (C=N–C) groups is 1. The van der Waals surface area contributed by atoms with E-state index in [0.717, 1.165) is 63.1 Å². The maximum absolute atomic E-state index is 5.61. The average molecular weight is 547 g/mol. The molecule has 0 spiro atoms. The zero-order valence-corrected chi connectivity index (χ0v) is 22.6. The molecule has 1 atom stereocenters. The van der Waals surface area contributed by atoms with Crippen molar-refractivity contribution in [1.29, 1.82) is 0 Å². The molecule has 31 heavy (non-hydrogen) atoms. The van der Waals surface area contributed by atoms with E-state index in [0.29, 0.717) is 18.6 Å². The Hall–Kier alpha value is -1.13. The van der Waals surface area contributed by atoms with Crippen LogP contribution in [-0.4, -0.2) is 73.4 Å². The molecule has 0 radical (unpaired) electrons. The van der Waals surface area contributed by atoms with Crippen LogP contribution in [-0.2, 0) is 11.3 Å². The zero-order chi connectivity index (χ0) is 21.9. The van der Waals surface area contributed by atoms with Crippen molar-refractivity contribution in [2.75, 3.05) is 44.2 Å². The number of ether oxygens (including phenoxy) is 1. The van der Waals surface area contributed by atoms with Crippen LogP contribution in [0.1, 0.15) is 53.5 Å². The van der Waals surface area contributed by atoms with Crippen molar-refractivity contribution in [3.63, 3.8) is 0 Å². The van der Waals surface area contributed by atoms with Gasteiger partial charge in [0.15, 0.2) is 5.96 Å². The number of anilines is 1. The molecule has 0 aliphatic carbocycles. The van der Waals surface area contributed by atoms with Crippen LogP contribution in [0, 0.1) is 0 Å². The van der Waals surface area contributed by atoms with Gasteiger partial charge in [-0.2, -0.15) is 0 Å². The number of pyridine rings is 1. The van der Waals surface area contributed by atoms with Crippen LogP contribution in [0.2, 0.25) is 0 Å². The molecule has 1 fully saturated rings. The van der Waals surface area contributed by atoms with Crippen molar-refractivity contribution < 1.29 is 4.74 Å². The number of aromatic nitrogens is 1. The van der Waals surface area contributed by atoms with Crippen molar-refractivity contribution in [3.8, 4) is 0 Å². The minimum absolute atomic E-state index is 0. The number of guanidine groups is 1. The summed E-state index contributed by atoms with van der Waals surface area (Å²) in [6.45, 7) is 19.3. The van der Waals surface area contributed by atoms with Crippen molar-refractivity contribution in [3.05, 3.63) is 23.9 Å². The molecule has 1 aliphatic heterocycles. The smallest absolute Gasteiger partial charge is 0.191 e. The van der Waals surface area contributed by atoms with Gasteiger partial charge in [0.05, 0.1) is 19.3 Å².